The van der Waals surface area contributed by atoms with Crippen molar-refractivity contribution >= 4 is 24.0 Å². The molecule has 0 saturated carbocycles. The molecule has 0 amide bonds. The highest BCUT2D eigenvalue weighted by Crippen LogP contribution is 2.23. The molecule has 0 aliphatic rings. The van der Waals surface area contributed by atoms with Crippen LogP contribution in [0.3, 0.4) is 0 Å². The third-order valence-corrected chi connectivity index (χ3v) is 2.70. The molecule has 0 heterocycles. The Morgan fingerprint density at radius 2 is 2.07 bits per heavy atom. The summed E-state index contributed by atoms with van der Waals surface area (Å²) < 4.78 is 4.64. The third kappa shape index (κ3) is 3.22. The van der Waals surface area contributed by atoms with Gasteiger partial charge in [-0.05, 0) is 19.1 Å². The summed E-state index contributed by atoms with van der Waals surface area (Å²) >= 11 is 1.22. The summed E-state index contributed by atoms with van der Waals surface area (Å²) in [7, 11) is 0. The number of carbonyl (C=O) groups excluding carboxylic acids is 2. The molecule has 74 valence electrons. The molecule has 0 saturated heterocycles. The van der Waals surface area contributed by atoms with Crippen molar-refractivity contribution in [2.24, 2.45) is 0 Å². The van der Waals surface area contributed by atoms with Gasteiger partial charge in [0.1, 0.15) is 0 Å². The Hall–Kier alpha value is -1.29. The van der Waals surface area contributed by atoms with Crippen LogP contribution in [0, 0.1) is 0 Å². The molecule has 1 atom stereocenters. The minimum atomic E-state index is -0.741. The van der Waals surface area contributed by atoms with Gasteiger partial charge in [0, 0.05) is 4.90 Å². The molecule has 1 aromatic rings. The first-order valence-electron chi connectivity index (χ1n) is 4.05. The van der Waals surface area contributed by atoms with Gasteiger partial charge >= 0.3 is 0 Å². The van der Waals surface area contributed by atoms with Crippen LogP contribution in [0.4, 0.5) is 0 Å². The quantitative estimate of drug-likeness (QED) is 0.422. The van der Waals surface area contributed by atoms with Crippen LogP contribution in [0.1, 0.15) is 6.92 Å². The van der Waals surface area contributed by atoms with E-state index in [9.17, 15) is 9.59 Å². The highest BCUT2D eigenvalue weighted by Gasteiger charge is 2.15. The molecule has 14 heavy (non-hydrogen) atoms. The molecular formula is C10H10O3S. The van der Waals surface area contributed by atoms with Gasteiger partial charge in [0.15, 0.2) is 5.78 Å². The van der Waals surface area contributed by atoms with Crippen molar-refractivity contribution in [3.63, 3.8) is 0 Å². The number of ether oxygens (including phenoxy) is 1. The zero-order valence-electron chi connectivity index (χ0n) is 7.67. The highest BCUT2D eigenvalue weighted by molar-refractivity contribution is 8.00. The topological polar surface area (TPSA) is 43.4 Å². The van der Waals surface area contributed by atoms with E-state index in [0.29, 0.717) is 6.47 Å². The fourth-order valence-corrected chi connectivity index (χ4v) is 1.71. The molecule has 4 heteroatoms. The summed E-state index contributed by atoms with van der Waals surface area (Å²) in [5, 5.41) is 0. The lowest BCUT2D eigenvalue weighted by molar-refractivity contribution is -0.137. The van der Waals surface area contributed by atoms with Crippen LogP contribution in [-0.4, -0.2) is 17.7 Å². The van der Waals surface area contributed by atoms with Crippen LogP contribution < -0.4 is 0 Å². The monoisotopic (exact) mass is 210 g/mol. The predicted octanol–water partition coefficient (Wildman–Crippen LogP) is 1.87. The lowest BCUT2D eigenvalue weighted by Gasteiger charge is -2.10. The largest absolute Gasteiger partial charge is 0.445 e. The molecule has 1 aromatic carbocycles. The second kappa shape index (κ2) is 5.44. The Morgan fingerprint density at radius 1 is 1.43 bits per heavy atom. The molecule has 0 bridgehead atoms. The second-order valence-corrected chi connectivity index (χ2v) is 3.74. The molecule has 1 unspecified atom stereocenters. The summed E-state index contributed by atoms with van der Waals surface area (Å²) in [4.78, 5) is 22.1. The maximum absolute atomic E-state index is 11.0. The van der Waals surface area contributed by atoms with Gasteiger partial charge in [-0.1, -0.05) is 30.0 Å². The third-order valence-electron chi connectivity index (χ3n) is 1.50. The van der Waals surface area contributed by atoms with Gasteiger partial charge in [-0.25, -0.2) is 0 Å². The number of benzene rings is 1. The average molecular weight is 210 g/mol. The van der Waals surface area contributed by atoms with E-state index in [1.54, 1.807) is 0 Å². The second-order valence-electron chi connectivity index (χ2n) is 2.61. The summed E-state index contributed by atoms with van der Waals surface area (Å²) in [6.07, 6.45) is 0. The summed E-state index contributed by atoms with van der Waals surface area (Å²) in [6.45, 7) is 1.69. The Morgan fingerprint density at radius 3 is 2.57 bits per heavy atom. The van der Waals surface area contributed by atoms with E-state index in [2.05, 4.69) is 4.74 Å². The van der Waals surface area contributed by atoms with Gasteiger partial charge in [-0.3, -0.25) is 9.59 Å². The maximum Gasteiger partial charge on any atom is 0.294 e. The van der Waals surface area contributed by atoms with Gasteiger partial charge in [0.2, 0.25) is 5.44 Å². The van der Waals surface area contributed by atoms with E-state index >= 15 is 0 Å². The van der Waals surface area contributed by atoms with Crippen molar-refractivity contribution in [1.82, 2.24) is 0 Å². The molecule has 0 N–H and O–H groups in total. The molecule has 0 aliphatic heterocycles. The van der Waals surface area contributed by atoms with Crippen LogP contribution in [0.2, 0.25) is 0 Å². The number of ketones is 1. The normalized spacial score (nSPS) is 11.8. The van der Waals surface area contributed by atoms with E-state index in [1.807, 2.05) is 30.3 Å². The van der Waals surface area contributed by atoms with Gasteiger partial charge in [-0.15, -0.1) is 0 Å². The fourth-order valence-electron chi connectivity index (χ4n) is 0.880. The van der Waals surface area contributed by atoms with Crippen LogP contribution in [0.5, 0.6) is 0 Å². The summed E-state index contributed by atoms with van der Waals surface area (Å²) in [5.41, 5.74) is -0.741. The van der Waals surface area contributed by atoms with Crippen molar-refractivity contribution in [2.75, 3.05) is 0 Å². The SMILES string of the molecule is CC(=O)C(OC=O)Sc1ccccc1. The van der Waals surface area contributed by atoms with E-state index in [1.165, 1.54) is 18.7 Å². The first-order chi connectivity index (χ1) is 6.74. The Kier molecular flexibility index (Phi) is 4.19. The summed E-state index contributed by atoms with van der Waals surface area (Å²) in [6, 6.07) is 9.32. The number of carbonyl (C=O) groups is 2. The first-order valence-corrected chi connectivity index (χ1v) is 4.93. The van der Waals surface area contributed by atoms with Crippen LogP contribution >= 0.6 is 11.8 Å². The van der Waals surface area contributed by atoms with E-state index in [4.69, 9.17) is 0 Å². The van der Waals surface area contributed by atoms with Crippen LogP contribution in [-0.2, 0) is 14.3 Å². The average Bonchev–Trinajstić information content (AvgIpc) is 2.18. The van der Waals surface area contributed by atoms with Crippen molar-refractivity contribution in [2.45, 2.75) is 17.3 Å². The van der Waals surface area contributed by atoms with Crippen molar-refractivity contribution in [3.05, 3.63) is 30.3 Å². The van der Waals surface area contributed by atoms with Crippen molar-refractivity contribution in [1.29, 1.82) is 0 Å². The minimum Gasteiger partial charge on any atom is -0.445 e. The molecular weight excluding hydrogens is 200 g/mol. The maximum atomic E-state index is 11.0. The van der Waals surface area contributed by atoms with Gasteiger partial charge in [-0.2, -0.15) is 0 Å². The Labute approximate surface area is 86.5 Å². The van der Waals surface area contributed by atoms with Gasteiger partial charge in [0.25, 0.3) is 6.47 Å². The number of rotatable bonds is 5. The standard InChI is InChI=1S/C10H10O3S/c1-8(12)10(13-7-11)14-9-5-3-2-4-6-9/h2-7,10H,1H3. The minimum absolute atomic E-state index is 0.175. The van der Waals surface area contributed by atoms with E-state index in [-0.39, 0.29) is 5.78 Å². The number of hydrogen-bond donors (Lipinski definition) is 0. The number of Topliss-reactive ketones (excluding diaryl/α,β-unsaturated/α-hetero) is 1. The van der Waals surface area contributed by atoms with Crippen LogP contribution in [0.25, 0.3) is 0 Å². The Balaban J connectivity index is 2.64. The highest BCUT2D eigenvalue weighted by atomic mass is 32.2. The molecule has 3 nitrogen and oxygen atoms in total. The summed E-state index contributed by atoms with van der Waals surface area (Å²) in [5.74, 6) is -0.175. The number of thioether (sulfide) groups is 1. The number of hydrogen-bond acceptors (Lipinski definition) is 4. The van der Waals surface area contributed by atoms with E-state index in [0.717, 1.165) is 4.90 Å². The van der Waals surface area contributed by atoms with Crippen molar-refractivity contribution in [3.8, 4) is 0 Å². The lowest BCUT2D eigenvalue weighted by Crippen LogP contribution is -2.16. The molecule has 0 spiro atoms. The molecule has 0 aliphatic carbocycles. The van der Waals surface area contributed by atoms with Crippen LogP contribution in [0.15, 0.2) is 35.2 Å². The lowest BCUT2D eigenvalue weighted by atomic mass is 10.4. The van der Waals surface area contributed by atoms with Gasteiger partial charge in [0.05, 0.1) is 0 Å². The predicted molar refractivity (Wildman–Crippen MR) is 53.9 cm³/mol. The molecule has 1 rings (SSSR count). The zero-order valence-corrected chi connectivity index (χ0v) is 8.49. The first kappa shape index (κ1) is 10.8. The molecule has 0 aromatic heterocycles. The van der Waals surface area contributed by atoms with Crippen molar-refractivity contribution < 1.29 is 14.3 Å². The Bertz CT molecular complexity index is 310. The fraction of sp³-hybridized carbons (Fsp3) is 0.200. The van der Waals surface area contributed by atoms with Gasteiger partial charge < -0.3 is 4.74 Å². The zero-order chi connectivity index (χ0) is 10.4. The molecule has 0 radical (unpaired) electrons. The van der Waals surface area contributed by atoms with E-state index < -0.39 is 5.44 Å². The smallest absolute Gasteiger partial charge is 0.294 e. The molecule has 0 fully saturated rings.